The zero-order valence-electron chi connectivity index (χ0n) is 10.5. The third-order valence-corrected chi connectivity index (χ3v) is 3.14. The number of benzene rings is 1. The topological polar surface area (TPSA) is 69.6 Å². The van der Waals surface area contributed by atoms with Gasteiger partial charge in [-0.05, 0) is 18.1 Å². The van der Waals surface area contributed by atoms with Crippen molar-refractivity contribution < 1.29 is 14.7 Å². The molecule has 2 amide bonds. The van der Waals surface area contributed by atoms with Gasteiger partial charge in [0.15, 0.2) is 0 Å². The summed E-state index contributed by atoms with van der Waals surface area (Å²) in [5.74, 6) is -1.56. The number of carboxylic acid groups (broad SMARTS) is 1. The molecule has 0 saturated carbocycles. The van der Waals surface area contributed by atoms with Crippen LogP contribution in [0.2, 0.25) is 0 Å². The Morgan fingerprint density at radius 2 is 2.21 bits per heavy atom. The van der Waals surface area contributed by atoms with Gasteiger partial charge >= 0.3 is 12.0 Å². The van der Waals surface area contributed by atoms with Gasteiger partial charge < -0.3 is 10.4 Å². The standard InChI is InChI=1S/C14H16N2O3/c1-2-3-8-15-14(19)16-9-11(13(17)18)10-6-4-5-7-12(10)16/h2,4-7,11H,1,3,8-9H2,(H,15,19)(H,17,18). The van der Waals surface area contributed by atoms with Gasteiger partial charge in [-0.25, -0.2) is 4.79 Å². The Labute approximate surface area is 111 Å². The highest BCUT2D eigenvalue weighted by Gasteiger charge is 2.36. The van der Waals surface area contributed by atoms with Gasteiger partial charge in [0.2, 0.25) is 0 Å². The second-order valence-electron chi connectivity index (χ2n) is 4.37. The fourth-order valence-electron chi connectivity index (χ4n) is 2.19. The molecular weight excluding hydrogens is 244 g/mol. The molecule has 0 fully saturated rings. The second kappa shape index (κ2) is 5.56. The lowest BCUT2D eigenvalue weighted by Gasteiger charge is -2.17. The van der Waals surface area contributed by atoms with E-state index in [4.69, 9.17) is 0 Å². The quantitative estimate of drug-likeness (QED) is 0.642. The van der Waals surface area contributed by atoms with Gasteiger partial charge in [0.05, 0.1) is 0 Å². The van der Waals surface area contributed by atoms with Gasteiger partial charge in [0.1, 0.15) is 5.92 Å². The molecule has 1 atom stereocenters. The number of hydrogen-bond donors (Lipinski definition) is 2. The molecule has 1 aliphatic heterocycles. The lowest BCUT2D eigenvalue weighted by molar-refractivity contribution is -0.138. The normalized spacial score (nSPS) is 16.8. The molecule has 0 radical (unpaired) electrons. The highest BCUT2D eigenvalue weighted by atomic mass is 16.4. The monoisotopic (exact) mass is 260 g/mol. The predicted molar refractivity (Wildman–Crippen MR) is 72.4 cm³/mol. The van der Waals surface area contributed by atoms with Crippen molar-refractivity contribution in [2.24, 2.45) is 0 Å². The predicted octanol–water partition coefficient (Wildman–Crippen LogP) is 1.96. The van der Waals surface area contributed by atoms with Crippen LogP contribution in [0.15, 0.2) is 36.9 Å². The molecule has 0 bridgehead atoms. The Hall–Kier alpha value is -2.30. The number of carbonyl (C=O) groups excluding carboxylic acids is 1. The minimum absolute atomic E-state index is 0.175. The number of hydrogen-bond acceptors (Lipinski definition) is 2. The van der Waals surface area contributed by atoms with E-state index in [0.29, 0.717) is 24.2 Å². The molecular formula is C14H16N2O3. The zero-order valence-corrected chi connectivity index (χ0v) is 10.5. The number of rotatable bonds is 4. The Balaban J connectivity index is 2.18. The van der Waals surface area contributed by atoms with Gasteiger partial charge in [0.25, 0.3) is 0 Å². The Bertz CT molecular complexity index is 513. The first-order valence-corrected chi connectivity index (χ1v) is 6.13. The molecule has 5 nitrogen and oxygen atoms in total. The molecule has 1 aromatic rings. The molecule has 2 rings (SSSR count). The summed E-state index contributed by atoms with van der Waals surface area (Å²) in [5, 5.41) is 12.0. The average molecular weight is 260 g/mol. The number of anilines is 1. The lowest BCUT2D eigenvalue weighted by atomic mass is 10.0. The minimum atomic E-state index is -0.908. The number of carboxylic acids is 1. The SMILES string of the molecule is C=CCCNC(=O)N1CC(C(=O)O)c2ccccc21. The van der Waals surface area contributed by atoms with E-state index in [1.807, 2.05) is 0 Å². The van der Waals surface area contributed by atoms with E-state index in [9.17, 15) is 14.7 Å². The van der Waals surface area contributed by atoms with Crippen molar-refractivity contribution >= 4 is 17.7 Å². The highest BCUT2D eigenvalue weighted by molar-refractivity contribution is 5.98. The summed E-state index contributed by atoms with van der Waals surface area (Å²) < 4.78 is 0. The van der Waals surface area contributed by atoms with E-state index in [0.717, 1.165) is 0 Å². The summed E-state index contributed by atoms with van der Waals surface area (Å²) in [6.45, 7) is 4.26. The van der Waals surface area contributed by atoms with E-state index >= 15 is 0 Å². The summed E-state index contributed by atoms with van der Waals surface area (Å²) in [4.78, 5) is 24.7. The van der Waals surface area contributed by atoms with Crippen LogP contribution in [0.25, 0.3) is 0 Å². The van der Waals surface area contributed by atoms with Gasteiger partial charge in [-0.1, -0.05) is 24.3 Å². The molecule has 19 heavy (non-hydrogen) atoms. The van der Waals surface area contributed by atoms with Crippen molar-refractivity contribution in [3.8, 4) is 0 Å². The van der Waals surface area contributed by atoms with Gasteiger partial charge in [-0.15, -0.1) is 6.58 Å². The van der Waals surface area contributed by atoms with E-state index in [1.54, 1.807) is 30.3 Å². The number of aliphatic carboxylic acids is 1. The van der Waals surface area contributed by atoms with Crippen LogP contribution in [0.3, 0.4) is 0 Å². The average Bonchev–Trinajstić information content (AvgIpc) is 2.78. The van der Waals surface area contributed by atoms with Crippen LogP contribution in [-0.2, 0) is 4.79 Å². The summed E-state index contributed by atoms with van der Waals surface area (Å²) in [6, 6.07) is 6.84. The van der Waals surface area contributed by atoms with Crippen molar-refractivity contribution in [1.82, 2.24) is 5.32 Å². The number of nitrogens with one attached hydrogen (secondary N) is 1. The maximum absolute atomic E-state index is 12.0. The Morgan fingerprint density at radius 3 is 2.89 bits per heavy atom. The van der Waals surface area contributed by atoms with E-state index < -0.39 is 11.9 Å². The minimum Gasteiger partial charge on any atom is -0.481 e. The number of nitrogens with zero attached hydrogens (tertiary/aromatic N) is 1. The number of amides is 2. The van der Waals surface area contributed by atoms with E-state index in [2.05, 4.69) is 11.9 Å². The van der Waals surface area contributed by atoms with Crippen molar-refractivity contribution in [2.45, 2.75) is 12.3 Å². The summed E-state index contributed by atoms with van der Waals surface area (Å²) in [6.07, 6.45) is 2.40. The molecule has 1 unspecified atom stereocenters. The van der Waals surface area contributed by atoms with E-state index in [1.165, 1.54) is 4.90 Å². The Kier molecular flexibility index (Phi) is 3.85. The maximum atomic E-state index is 12.0. The molecule has 0 saturated heterocycles. The third-order valence-electron chi connectivity index (χ3n) is 3.14. The fraction of sp³-hybridized carbons (Fsp3) is 0.286. The summed E-state index contributed by atoms with van der Waals surface area (Å²) >= 11 is 0. The number of carbonyl (C=O) groups is 2. The van der Waals surface area contributed by atoms with Crippen molar-refractivity contribution in [1.29, 1.82) is 0 Å². The second-order valence-corrected chi connectivity index (χ2v) is 4.37. The molecule has 5 heteroatoms. The maximum Gasteiger partial charge on any atom is 0.321 e. The first kappa shape index (κ1) is 13.1. The van der Waals surface area contributed by atoms with Crippen LogP contribution in [0.1, 0.15) is 17.9 Å². The summed E-state index contributed by atoms with van der Waals surface area (Å²) in [5.41, 5.74) is 1.36. The first-order chi connectivity index (χ1) is 9.15. The van der Waals surface area contributed by atoms with Gasteiger partial charge in [-0.3, -0.25) is 9.69 Å². The molecule has 1 heterocycles. The van der Waals surface area contributed by atoms with Gasteiger partial charge in [-0.2, -0.15) is 0 Å². The van der Waals surface area contributed by atoms with Gasteiger partial charge in [0, 0.05) is 18.8 Å². The van der Waals surface area contributed by atoms with Crippen molar-refractivity contribution in [3.05, 3.63) is 42.5 Å². The zero-order chi connectivity index (χ0) is 13.8. The van der Waals surface area contributed by atoms with Crippen LogP contribution in [0.5, 0.6) is 0 Å². The fourth-order valence-corrected chi connectivity index (χ4v) is 2.19. The van der Waals surface area contributed by atoms with Crippen LogP contribution < -0.4 is 10.2 Å². The number of fused-ring (bicyclic) bond motifs is 1. The lowest BCUT2D eigenvalue weighted by Crippen LogP contribution is -2.40. The molecule has 0 spiro atoms. The smallest absolute Gasteiger partial charge is 0.321 e. The molecule has 1 aliphatic rings. The van der Waals surface area contributed by atoms with Crippen LogP contribution in [0.4, 0.5) is 10.5 Å². The van der Waals surface area contributed by atoms with Crippen LogP contribution >= 0.6 is 0 Å². The Morgan fingerprint density at radius 1 is 1.47 bits per heavy atom. The molecule has 1 aromatic carbocycles. The molecule has 2 N–H and O–H groups in total. The molecule has 0 aromatic heterocycles. The number of para-hydroxylation sites is 1. The van der Waals surface area contributed by atoms with Crippen LogP contribution in [0, 0.1) is 0 Å². The largest absolute Gasteiger partial charge is 0.481 e. The highest BCUT2D eigenvalue weighted by Crippen LogP contribution is 2.36. The first-order valence-electron chi connectivity index (χ1n) is 6.13. The molecule has 0 aliphatic carbocycles. The van der Waals surface area contributed by atoms with E-state index in [-0.39, 0.29) is 12.6 Å². The number of urea groups is 1. The van der Waals surface area contributed by atoms with Crippen LogP contribution in [-0.4, -0.2) is 30.2 Å². The van der Waals surface area contributed by atoms with Crippen molar-refractivity contribution in [3.63, 3.8) is 0 Å². The third kappa shape index (κ3) is 2.59. The van der Waals surface area contributed by atoms with Crippen molar-refractivity contribution in [2.75, 3.05) is 18.0 Å². The summed E-state index contributed by atoms with van der Waals surface area (Å²) in [7, 11) is 0. The molecule has 100 valence electrons.